The molecule has 1 aliphatic heterocycles. The number of halogens is 2. The fraction of sp³-hybridized carbons (Fsp3) is 0.400. The minimum atomic E-state index is -2.07. The largest absolute Gasteiger partial charge is 0.395 e. The van der Waals surface area contributed by atoms with Gasteiger partial charge in [-0.1, -0.05) is 0 Å². The Kier molecular flexibility index (Phi) is 3.88. The maximum Gasteiger partial charge on any atom is 0.350 e. The topological polar surface area (TPSA) is 101 Å². The summed E-state index contributed by atoms with van der Waals surface area (Å²) in [5, 5.41) is 16.8. The molecule has 9 heteroatoms. The maximum atomic E-state index is 12.9. The number of aromatic nitrogens is 2. The van der Waals surface area contributed by atoms with E-state index in [4.69, 9.17) is 10.8 Å². The molecule has 1 aliphatic rings. The normalized spacial score (nSPS) is 26.7. The van der Waals surface area contributed by atoms with Crippen molar-refractivity contribution in [3.8, 4) is 0 Å². The molecule has 0 bridgehead atoms. The molecule has 4 N–H and O–H groups in total. The van der Waals surface area contributed by atoms with Gasteiger partial charge in [0.1, 0.15) is 11.2 Å². The Balaban J connectivity index is 2.49. The van der Waals surface area contributed by atoms with Gasteiger partial charge in [-0.05, 0) is 6.07 Å². The first-order valence-corrected chi connectivity index (χ1v) is 6.24. The van der Waals surface area contributed by atoms with Gasteiger partial charge in [0, 0.05) is 6.20 Å². The molecular formula is C10H11F2N3O3S. The highest BCUT2D eigenvalue weighted by Gasteiger charge is 2.42. The van der Waals surface area contributed by atoms with Gasteiger partial charge >= 0.3 is 5.69 Å². The monoisotopic (exact) mass is 291 g/mol. The minimum absolute atomic E-state index is 0.0187. The number of hydrogen-bond donors (Lipinski definition) is 3. The van der Waals surface area contributed by atoms with Crippen LogP contribution in [0.25, 0.3) is 0 Å². The van der Waals surface area contributed by atoms with Crippen LogP contribution in [0, 0.1) is 0 Å². The summed E-state index contributed by atoms with van der Waals surface area (Å²) < 4.78 is 26.8. The highest BCUT2D eigenvalue weighted by molar-refractivity contribution is 8.00. The first kappa shape index (κ1) is 14.0. The Morgan fingerprint density at radius 1 is 1.58 bits per heavy atom. The molecule has 0 unspecified atom stereocenters. The highest BCUT2D eigenvalue weighted by atomic mass is 32.2. The average molecular weight is 291 g/mol. The molecule has 0 aliphatic carbocycles. The van der Waals surface area contributed by atoms with E-state index in [0.29, 0.717) is 0 Å². The fourth-order valence-corrected chi connectivity index (χ4v) is 3.21. The van der Waals surface area contributed by atoms with Gasteiger partial charge < -0.3 is 15.9 Å². The van der Waals surface area contributed by atoms with Crippen molar-refractivity contribution in [1.29, 1.82) is 0 Å². The van der Waals surface area contributed by atoms with Gasteiger partial charge in [0.15, 0.2) is 0 Å². The Morgan fingerprint density at radius 3 is 2.79 bits per heavy atom. The Morgan fingerprint density at radius 2 is 2.26 bits per heavy atom. The van der Waals surface area contributed by atoms with Gasteiger partial charge in [0.2, 0.25) is 0 Å². The number of nitrogens with zero attached hydrogens (tertiary/aromatic N) is 2. The van der Waals surface area contributed by atoms with Crippen molar-refractivity contribution in [2.45, 2.75) is 16.7 Å². The van der Waals surface area contributed by atoms with Crippen LogP contribution in [0.2, 0.25) is 0 Å². The van der Waals surface area contributed by atoms with Crippen LogP contribution in [0.15, 0.2) is 28.7 Å². The average Bonchev–Trinajstić information content (AvgIpc) is 2.66. The molecule has 1 aromatic heterocycles. The maximum absolute atomic E-state index is 12.9. The van der Waals surface area contributed by atoms with Crippen LogP contribution in [0.4, 0.5) is 14.6 Å². The van der Waals surface area contributed by atoms with E-state index in [1.54, 1.807) is 0 Å². The van der Waals surface area contributed by atoms with Gasteiger partial charge in [0.25, 0.3) is 6.08 Å². The molecule has 0 aromatic carbocycles. The van der Waals surface area contributed by atoms with E-state index in [2.05, 4.69) is 4.98 Å². The second-order valence-corrected chi connectivity index (χ2v) is 5.24. The Bertz CT molecular complexity index is 573. The van der Waals surface area contributed by atoms with Crippen molar-refractivity contribution in [3.05, 3.63) is 34.4 Å². The molecule has 0 spiro atoms. The van der Waals surface area contributed by atoms with E-state index in [1.807, 2.05) is 0 Å². The Hall–Kier alpha value is -1.45. The number of nitrogen functional groups attached to an aromatic ring is 1. The van der Waals surface area contributed by atoms with E-state index in [0.717, 1.165) is 16.3 Å². The van der Waals surface area contributed by atoms with Crippen molar-refractivity contribution in [1.82, 2.24) is 9.55 Å². The zero-order valence-electron chi connectivity index (χ0n) is 9.53. The lowest BCUT2D eigenvalue weighted by Crippen LogP contribution is -2.27. The molecule has 1 fully saturated rings. The molecule has 0 amide bonds. The minimum Gasteiger partial charge on any atom is -0.395 e. The number of rotatable bonds is 2. The summed E-state index contributed by atoms with van der Waals surface area (Å²) in [6.07, 6.45) is -2.34. The van der Waals surface area contributed by atoms with Gasteiger partial charge in [0.05, 0.1) is 23.5 Å². The number of aliphatic hydroxyl groups excluding tert-OH is 2. The van der Waals surface area contributed by atoms with Crippen molar-refractivity contribution in [2.24, 2.45) is 0 Å². The lowest BCUT2D eigenvalue weighted by molar-refractivity contribution is 0.164. The second-order valence-electron chi connectivity index (χ2n) is 3.91. The summed E-state index contributed by atoms with van der Waals surface area (Å²) in [6, 6.07) is 1.30. The predicted octanol–water partition coefficient (Wildman–Crippen LogP) is -0.0567. The van der Waals surface area contributed by atoms with Crippen molar-refractivity contribution in [3.63, 3.8) is 0 Å². The first-order chi connectivity index (χ1) is 8.95. The highest BCUT2D eigenvalue weighted by Crippen LogP contribution is 2.46. The number of thioether (sulfide) groups is 1. The predicted molar refractivity (Wildman–Crippen MR) is 65.7 cm³/mol. The molecule has 104 valence electrons. The first-order valence-electron chi connectivity index (χ1n) is 5.29. The van der Waals surface area contributed by atoms with E-state index in [9.17, 15) is 18.7 Å². The molecule has 0 radical (unpaired) electrons. The molecule has 2 heterocycles. The lowest BCUT2D eigenvalue weighted by atomic mass is 10.1. The van der Waals surface area contributed by atoms with Crippen LogP contribution in [-0.4, -0.2) is 37.7 Å². The summed E-state index contributed by atoms with van der Waals surface area (Å²) in [7, 11) is 0. The van der Waals surface area contributed by atoms with Gasteiger partial charge in [-0.25, -0.2) is 4.79 Å². The van der Waals surface area contributed by atoms with E-state index in [-0.39, 0.29) is 5.82 Å². The van der Waals surface area contributed by atoms with Crippen LogP contribution >= 0.6 is 11.8 Å². The third-order valence-corrected chi connectivity index (χ3v) is 4.24. The van der Waals surface area contributed by atoms with Crippen molar-refractivity contribution < 1.29 is 19.0 Å². The number of aliphatic hydroxyl groups is 2. The number of anilines is 1. The lowest BCUT2D eigenvalue weighted by Gasteiger charge is -2.14. The quantitative estimate of drug-likeness (QED) is 0.706. The zero-order valence-corrected chi connectivity index (χ0v) is 10.3. The van der Waals surface area contributed by atoms with Gasteiger partial charge in [-0.3, -0.25) is 4.57 Å². The van der Waals surface area contributed by atoms with Gasteiger partial charge in [-0.2, -0.15) is 13.8 Å². The fourth-order valence-electron chi connectivity index (χ4n) is 1.83. The van der Waals surface area contributed by atoms with E-state index >= 15 is 0 Å². The van der Waals surface area contributed by atoms with Crippen LogP contribution < -0.4 is 11.4 Å². The van der Waals surface area contributed by atoms with Crippen LogP contribution in [0.5, 0.6) is 0 Å². The van der Waals surface area contributed by atoms with Gasteiger partial charge in [-0.15, -0.1) is 11.8 Å². The third kappa shape index (κ3) is 2.48. The third-order valence-electron chi connectivity index (χ3n) is 2.74. The summed E-state index contributed by atoms with van der Waals surface area (Å²) >= 11 is 0.873. The smallest absolute Gasteiger partial charge is 0.350 e. The molecule has 6 nitrogen and oxygen atoms in total. The summed E-state index contributed by atoms with van der Waals surface area (Å²) in [5.74, 6) is -0.0187. The van der Waals surface area contributed by atoms with Crippen LogP contribution in [-0.2, 0) is 0 Å². The van der Waals surface area contributed by atoms with Crippen LogP contribution in [0.1, 0.15) is 5.37 Å². The standard InChI is InChI=1S/C10H11F2N3O3S/c11-8(12)6-7(17)4(3-16)19-9(6)15-2-1-5(13)14-10(15)18/h1-2,4,7,9,16-17H,3H2,(H2,13,14,18)/t4-,7-,9-/m1/s1. The summed E-state index contributed by atoms with van der Waals surface area (Å²) in [5.41, 5.74) is 3.95. The molecule has 1 aromatic rings. The van der Waals surface area contributed by atoms with Crippen molar-refractivity contribution in [2.75, 3.05) is 12.3 Å². The summed E-state index contributed by atoms with van der Waals surface area (Å²) in [6.45, 7) is -0.476. The number of nitrogens with two attached hydrogens (primary N) is 1. The van der Waals surface area contributed by atoms with Crippen molar-refractivity contribution >= 4 is 17.6 Å². The van der Waals surface area contributed by atoms with Crippen LogP contribution in [0.3, 0.4) is 0 Å². The number of hydrogen-bond acceptors (Lipinski definition) is 6. The molecule has 1 saturated heterocycles. The second kappa shape index (κ2) is 5.27. The Labute approximate surface area is 110 Å². The SMILES string of the molecule is Nc1ccn([C@@H]2S[C@H](CO)[C@@H](O)C2=C(F)F)c(=O)n1. The zero-order chi connectivity index (χ0) is 14.2. The van der Waals surface area contributed by atoms with E-state index < -0.39 is 40.7 Å². The van der Waals surface area contributed by atoms with E-state index in [1.165, 1.54) is 12.3 Å². The molecule has 19 heavy (non-hydrogen) atoms. The molecule has 3 atom stereocenters. The molecule has 2 rings (SSSR count). The molecular weight excluding hydrogens is 280 g/mol. The summed E-state index contributed by atoms with van der Waals surface area (Å²) in [4.78, 5) is 15.1. The molecule has 0 saturated carbocycles.